The maximum absolute atomic E-state index is 14.1. The van der Waals surface area contributed by atoms with E-state index < -0.39 is 0 Å². The van der Waals surface area contributed by atoms with Crippen molar-refractivity contribution in [2.24, 2.45) is 0 Å². The highest BCUT2D eigenvalue weighted by atomic mass is 35.5. The molecule has 0 radical (unpaired) electrons. The minimum absolute atomic E-state index is 0.0688. The summed E-state index contributed by atoms with van der Waals surface area (Å²) >= 11 is 5.59. The van der Waals surface area contributed by atoms with Gasteiger partial charge in [-0.1, -0.05) is 6.07 Å². The van der Waals surface area contributed by atoms with Crippen LogP contribution in [0.1, 0.15) is 27.3 Å². The van der Waals surface area contributed by atoms with Gasteiger partial charge in [0.25, 0.3) is 0 Å². The van der Waals surface area contributed by atoms with Crippen LogP contribution in [-0.2, 0) is 0 Å². The normalized spacial score (nSPS) is 10.8. The van der Waals surface area contributed by atoms with Crippen molar-refractivity contribution in [3.63, 3.8) is 0 Å². The second kappa shape index (κ2) is 5.17. The number of carbonyl (C=O) groups excluding carboxylic acids is 1. The fraction of sp³-hybridized carbons (Fsp3) is 0.267. The Labute approximate surface area is 116 Å². The van der Waals surface area contributed by atoms with E-state index in [1.54, 1.807) is 23.6 Å². The topological polar surface area (TPSA) is 22.0 Å². The highest BCUT2D eigenvalue weighted by Gasteiger charge is 2.17. The van der Waals surface area contributed by atoms with Gasteiger partial charge in [0.1, 0.15) is 5.82 Å². The second-order valence-electron chi connectivity index (χ2n) is 4.63. The first kappa shape index (κ1) is 13.8. The molecular weight excluding hydrogens is 265 g/mol. The van der Waals surface area contributed by atoms with Crippen molar-refractivity contribution in [3.05, 3.63) is 52.6 Å². The van der Waals surface area contributed by atoms with Gasteiger partial charge in [-0.15, -0.1) is 11.6 Å². The predicted molar refractivity (Wildman–Crippen MR) is 75.0 cm³/mol. The summed E-state index contributed by atoms with van der Waals surface area (Å²) in [6.45, 7) is 5.48. The summed E-state index contributed by atoms with van der Waals surface area (Å²) in [5.41, 5.74) is 3.39. The molecule has 0 atom stereocenters. The lowest BCUT2D eigenvalue weighted by atomic mass is 10.2. The van der Waals surface area contributed by atoms with E-state index in [0.717, 1.165) is 11.3 Å². The standard InChI is InChI=1S/C15H15ClFNO/c1-9-4-5-14(13(17)6-9)18-10(2)7-12(11(18)3)15(19)8-16/h4-7H,8H2,1-3H3. The lowest BCUT2D eigenvalue weighted by Gasteiger charge is -2.11. The molecule has 2 nitrogen and oxygen atoms in total. The zero-order chi connectivity index (χ0) is 14.2. The van der Waals surface area contributed by atoms with Crippen LogP contribution >= 0.6 is 11.6 Å². The average molecular weight is 280 g/mol. The molecule has 1 aromatic heterocycles. The fourth-order valence-corrected chi connectivity index (χ4v) is 2.43. The summed E-state index contributed by atoms with van der Waals surface area (Å²) in [5.74, 6) is -0.513. The Balaban J connectivity index is 2.63. The summed E-state index contributed by atoms with van der Waals surface area (Å²) in [5, 5.41) is 0. The van der Waals surface area contributed by atoms with Crippen molar-refractivity contribution in [3.8, 4) is 5.69 Å². The highest BCUT2D eigenvalue weighted by molar-refractivity contribution is 6.30. The zero-order valence-electron chi connectivity index (χ0n) is 11.1. The molecule has 0 saturated carbocycles. The van der Waals surface area contributed by atoms with E-state index in [-0.39, 0.29) is 17.5 Å². The van der Waals surface area contributed by atoms with E-state index in [1.807, 2.05) is 19.9 Å². The third kappa shape index (κ3) is 2.43. The Morgan fingerprint density at radius 1 is 1.26 bits per heavy atom. The van der Waals surface area contributed by atoms with Gasteiger partial charge in [-0.2, -0.15) is 0 Å². The number of carbonyl (C=O) groups is 1. The molecule has 19 heavy (non-hydrogen) atoms. The van der Waals surface area contributed by atoms with Crippen LogP contribution < -0.4 is 0 Å². The van der Waals surface area contributed by atoms with Crippen LogP contribution in [0.5, 0.6) is 0 Å². The van der Waals surface area contributed by atoms with Gasteiger partial charge in [0.2, 0.25) is 0 Å². The van der Waals surface area contributed by atoms with Crippen molar-refractivity contribution < 1.29 is 9.18 Å². The number of alkyl halides is 1. The summed E-state index contributed by atoms with van der Waals surface area (Å²) < 4.78 is 15.8. The van der Waals surface area contributed by atoms with E-state index in [1.165, 1.54) is 6.07 Å². The number of hydrogen-bond acceptors (Lipinski definition) is 1. The van der Waals surface area contributed by atoms with Crippen molar-refractivity contribution in [1.29, 1.82) is 0 Å². The van der Waals surface area contributed by atoms with Gasteiger partial charge >= 0.3 is 0 Å². The zero-order valence-corrected chi connectivity index (χ0v) is 11.9. The van der Waals surface area contributed by atoms with Crippen LogP contribution in [0.3, 0.4) is 0 Å². The molecule has 4 heteroatoms. The minimum atomic E-state index is -0.299. The largest absolute Gasteiger partial charge is 0.315 e. The first-order valence-corrected chi connectivity index (χ1v) is 6.53. The van der Waals surface area contributed by atoms with Crippen molar-refractivity contribution in [1.82, 2.24) is 4.57 Å². The van der Waals surface area contributed by atoms with Gasteiger partial charge in [0.05, 0.1) is 11.6 Å². The smallest absolute Gasteiger partial charge is 0.179 e. The molecule has 100 valence electrons. The van der Waals surface area contributed by atoms with Crippen molar-refractivity contribution in [2.45, 2.75) is 20.8 Å². The fourth-order valence-electron chi connectivity index (χ4n) is 2.28. The molecule has 2 aromatic rings. The number of Topliss-reactive ketones (excluding diaryl/α,β-unsaturated/α-hetero) is 1. The number of hydrogen-bond donors (Lipinski definition) is 0. The number of halogens is 2. The van der Waals surface area contributed by atoms with Crippen LogP contribution in [0.15, 0.2) is 24.3 Å². The van der Waals surface area contributed by atoms with Crippen LogP contribution in [0, 0.1) is 26.6 Å². The molecule has 0 spiro atoms. The van der Waals surface area contributed by atoms with Gasteiger partial charge in [0.15, 0.2) is 5.78 Å². The lowest BCUT2D eigenvalue weighted by molar-refractivity contribution is 0.102. The molecule has 0 N–H and O–H groups in total. The number of aromatic nitrogens is 1. The molecule has 0 fully saturated rings. The third-order valence-corrected chi connectivity index (χ3v) is 3.44. The van der Waals surface area contributed by atoms with E-state index in [9.17, 15) is 9.18 Å². The van der Waals surface area contributed by atoms with Crippen LogP contribution in [0.25, 0.3) is 5.69 Å². The molecule has 0 aliphatic rings. The van der Waals surface area contributed by atoms with Crippen LogP contribution in [0.2, 0.25) is 0 Å². The molecule has 2 rings (SSSR count). The molecule has 0 amide bonds. The van der Waals surface area contributed by atoms with E-state index in [4.69, 9.17) is 11.6 Å². The summed E-state index contributed by atoms with van der Waals surface area (Å²) in [7, 11) is 0. The Kier molecular flexibility index (Phi) is 3.76. The number of nitrogens with zero attached hydrogens (tertiary/aromatic N) is 1. The monoisotopic (exact) mass is 279 g/mol. The Bertz CT molecular complexity index is 646. The van der Waals surface area contributed by atoms with E-state index >= 15 is 0 Å². The number of aryl methyl sites for hydroxylation is 2. The van der Waals surface area contributed by atoms with E-state index in [2.05, 4.69) is 0 Å². The van der Waals surface area contributed by atoms with Gasteiger partial charge < -0.3 is 4.57 Å². The van der Waals surface area contributed by atoms with Crippen molar-refractivity contribution in [2.75, 3.05) is 5.88 Å². The number of rotatable bonds is 3. The van der Waals surface area contributed by atoms with Crippen molar-refractivity contribution >= 4 is 17.4 Å². The third-order valence-electron chi connectivity index (χ3n) is 3.20. The quantitative estimate of drug-likeness (QED) is 0.616. The molecule has 1 aromatic carbocycles. The predicted octanol–water partition coefficient (Wildman–Crippen LogP) is 3.96. The first-order chi connectivity index (χ1) is 8.95. The maximum atomic E-state index is 14.1. The molecule has 0 bridgehead atoms. The van der Waals surface area contributed by atoms with Crippen LogP contribution in [-0.4, -0.2) is 16.2 Å². The highest BCUT2D eigenvalue weighted by Crippen LogP contribution is 2.24. The summed E-state index contributed by atoms with van der Waals surface area (Å²) in [6, 6.07) is 6.80. The Morgan fingerprint density at radius 3 is 2.53 bits per heavy atom. The average Bonchev–Trinajstić information content (AvgIpc) is 2.65. The van der Waals surface area contributed by atoms with Gasteiger partial charge in [-0.05, 0) is 44.5 Å². The molecule has 0 aliphatic carbocycles. The molecule has 0 saturated heterocycles. The molecule has 1 heterocycles. The lowest BCUT2D eigenvalue weighted by Crippen LogP contribution is -2.05. The van der Waals surface area contributed by atoms with Gasteiger partial charge in [-0.3, -0.25) is 4.79 Å². The Morgan fingerprint density at radius 2 is 1.95 bits per heavy atom. The first-order valence-electron chi connectivity index (χ1n) is 6.00. The maximum Gasteiger partial charge on any atom is 0.179 e. The van der Waals surface area contributed by atoms with E-state index in [0.29, 0.717) is 16.9 Å². The minimum Gasteiger partial charge on any atom is -0.315 e. The number of benzene rings is 1. The molecule has 0 unspecified atom stereocenters. The van der Waals surface area contributed by atoms with Crippen LogP contribution in [0.4, 0.5) is 4.39 Å². The summed E-state index contributed by atoms with van der Waals surface area (Å²) in [6.07, 6.45) is 0. The molecular formula is C15H15ClFNO. The second-order valence-corrected chi connectivity index (χ2v) is 4.90. The van der Waals surface area contributed by atoms with Gasteiger partial charge in [-0.25, -0.2) is 4.39 Å². The Hall–Kier alpha value is -1.61. The van der Waals surface area contributed by atoms with Gasteiger partial charge in [0, 0.05) is 17.0 Å². The molecule has 0 aliphatic heterocycles. The summed E-state index contributed by atoms with van der Waals surface area (Å²) in [4.78, 5) is 11.7. The SMILES string of the molecule is Cc1ccc(-n2c(C)cc(C(=O)CCl)c2C)c(F)c1. The number of ketones is 1.